The van der Waals surface area contributed by atoms with Crippen molar-refractivity contribution in [3.63, 3.8) is 0 Å². The Bertz CT molecular complexity index is 1120. The molecule has 0 aliphatic rings. The summed E-state index contributed by atoms with van der Waals surface area (Å²) in [7, 11) is -3.98. The number of rotatable bonds is 6. The Morgan fingerprint density at radius 1 is 0.862 bits per heavy atom. The average molecular weight is 419 g/mol. The summed E-state index contributed by atoms with van der Waals surface area (Å²) < 4.78 is 65.8. The third-order valence-electron chi connectivity index (χ3n) is 4.32. The smallest absolute Gasteiger partial charge is 0.251 e. The van der Waals surface area contributed by atoms with E-state index in [9.17, 15) is 26.4 Å². The molecule has 29 heavy (non-hydrogen) atoms. The van der Waals surface area contributed by atoms with Gasteiger partial charge in [0, 0.05) is 12.1 Å². The van der Waals surface area contributed by atoms with Crippen molar-refractivity contribution in [2.75, 3.05) is 6.54 Å². The molecule has 1 N–H and O–H groups in total. The Balaban J connectivity index is 1.89. The van der Waals surface area contributed by atoms with E-state index in [1.54, 1.807) is 30.3 Å². The van der Waals surface area contributed by atoms with Crippen molar-refractivity contribution >= 4 is 15.7 Å². The molecule has 3 aromatic rings. The molecule has 1 unspecified atom stereocenters. The van der Waals surface area contributed by atoms with Gasteiger partial charge in [-0.25, -0.2) is 21.6 Å². The number of carbonyl (C=O) groups excluding carboxylic acids is 1. The van der Waals surface area contributed by atoms with Gasteiger partial charge in [-0.3, -0.25) is 4.79 Å². The van der Waals surface area contributed by atoms with Crippen LogP contribution in [0.5, 0.6) is 0 Å². The van der Waals surface area contributed by atoms with Crippen molar-refractivity contribution in [2.45, 2.75) is 10.1 Å². The number of carbonyl (C=O) groups is 1. The topological polar surface area (TPSA) is 63.2 Å². The Hall–Kier alpha value is -3.13. The molecule has 0 fully saturated rings. The van der Waals surface area contributed by atoms with E-state index in [4.69, 9.17) is 0 Å². The molecular weight excluding hydrogens is 403 g/mol. The second-order valence-electron chi connectivity index (χ2n) is 6.24. The molecule has 0 bridgehead atoms. The van der Waals surface area contributed by atoms with Gasteiger partial charge in [0.15, 0.2) is 21.5 Å². The molecule has 0 aliphatic heterocycles. The third-order valence-corrected chi connectivity index (χ3v) is 6.44. The average Bonchev–Trinajstić information content (AvgIpc) is 2.71. The van der Waals surface area contributed by atoms with Crippen LogP contribution in [0.15, 0.2) is 77.7 Å². The Morgan fingerprint density at radius 2 is 1.52 bits per heavy atom. The summed E-state index contributed by atoms with van der Waals surface area (Å²) in [4.78, 5) is 12.2. The van der Waals surface area contributed by atoms with E-state index < -0.39 is 38.4 Å². The van der Waals surface area contributed by atoms with Gasteiger partial charge in [-0.1, -0.05) is 30.3 Å². The Kier molecular flexibility index (Phi) is 6.03. The Morgan fingerprint density at radius 3 is 2.14 bits per heavy atom. The zero-order valence-electron chi connectivity index (χ0n) is 15.0. The van der Waals surface area contributed by atoms with Gasteiger partial charge in [-0.2, -0.15) is 0 Å². The molecule has 3 aromatic carbocycles. The van der Waals surface area contributed by atoms with E-state index in [2.05, 4.69) is 5.32 Å². The lowest BCUT2D eigenvalue weighted by Gasteiger charge is -2.19. The highest BCUT2D eigenvalue weighted by atomic mass is 32.2. The van der Waals surface area contributed by atoms with Crippen molar-refractivity contribution in [1.29, 1.82) is 0 Å². The third kappa shape index (κ3) is 4.65. The van der Waals surface area contributed by atoms with E-state index in [0.29, 0.717) is 5.56 Å². The molecule has 0 spiro atoms. The normalized spacial score (nSPS) is 12.4. The summed E-state index contributed by atoms with van der Waals surface area (Å²) >= 11 is 0. The minimum Gasteiger partial charge on any atom is -0.350 e. The molecule has 1 amide bonds. The predicted molar refractivity (Wildman–Crippen MR) is 101 cm³/mol. The molecule has 150 valence electrons. The number of nitrogens with one attached hydrogen (secondary N) is 1. The molecule has 0 aliphatic carbocycles. The van der Waals surface area contributed by atoms with Gasteiger partial charge in [-0.15, -0.1) is 0 Å². The molecule has 0 aromatic heterocycles. The summed E-state index contributed by atoms with van der Waals surface area (Å²) in [6, 6.07) is 15.2. The van der Waals surface area contributed by atoms with Crippen LogP contribution in [0.4, 0.5) is 13.2 Å². The van der Waals surface area contributed by atoms with Crippen molar-refractivity contribution in [1.82, 2.24) is 5.32 Å². The van der Waals surface area contributed by atoms with Crippen molar-refractivity contribution in [3.05, 3.63) is 101 Å². The second-order valence-corrected chi connectivity index (χ2v) is 8.37. The zero-order chi connectivity index (χ0) is 21.0. The van der Waals surface area contributed by atoms with Crippen molar-refractivity contribution in [2.24, 2.45) is 0 Å². The first-order chi connectivity index (χ1) is 13.8. The van der Waals surface area contributed by atoms with Gasteiger partial charge in [0.25, 0.3) is 5.91 Å². The number of hydrogen-bond donors (Lipinski definition) is 1. The van der Waals surface area contributed by atoms with Gasteiger partial charge in [0.1, 0.15) is 11.1 Å². The lowest BCUT2D eigenvalue weighted by atomic mass is 10.1. The summed E-state index contributed by atoms with van der Waals surface area (Å²) in [5.74, 6) is -3.61. The number of hydrogen-bond acceptors (Lipinski definition) is 3. The minimum atomic E-state index is -3.98. The van der Waals surface area contributed by atoms with Crippen LogP contribution in [0, 0.1) is 17.5 Å². The SMILES string of the molecule is O=C(NCC(c1ccccc1)S(=O)(=O)c1ccc(F)cc1)c1ccc(F)c(F)c1. The maximum atomic E-state index is 13.4. The fourth-order valence-electron chi connectivity index (χ4n) is 2.79. The molecule has 0 saturated carbocycles. The van der Waals surface area contributed by atoms with Crippen LogP contribution in [-0.4, -0.2) is 20.9 Å². The second kappa shape index (κ2) is 8.48. The van der Waals surface area contributed by atoms with Crippen LogP contribution in [-0.2, 0) is 9.84 Å². The fourth-order valence-corrected chi connectivity index (χ4v) is 4.45. The highest BCUT2D eigenvalue weighted by Gasteiger charge is 2.29. The highest BCUT2D eigenvalue weighted by molar-refractivity contribution is 7.91. The van der Waals surface area contributed by atoms with E-state index in [1.807, 2.05) is 0 Å². The van der Waals surface area contributed by atoms with Gasteiger partial charge >= 0.3 is 0 Å². The van der Waals surface area contributed by atoms with E-state index in [0.717, 1.165) is 42.5 Å². The molecule has 0 heterocycles. The zero-order valence-corrected chi connectivity index (χ0v) is 15.8. The molecular formula is C21H16F3NO3S. The monoisotopic (exact) mass is 419 g/mol. The quantitative estimate of drug-likeness (QED) is 0.613. The van der Waals surface area contributed by atoms with Gasteiger partial charge in [-0.05, 0) is 48.0 Å². The molecule has 4 nitrogen and oxygen atoms in total. The summed E-state index contributed by atoms with van der Waals surface area (Å²) in [5, 5.41) is 1.29. The molecule has 3 rings (SSSR count). The first kappa shape index (κ1) is 20.6. The lowest BCUT2D eigenvalue weighted by Crippen LogP contribution is -2.32. The van der Waals surface area contributed by atoms with Gasteiger partial charge in [0.2, 0.25) is 0 Å². The van der Waals surface area contributed by atoms with E-state index in [1.165, 1.54) is 0 Å². The van der Waals surface area contributed by atoms with Crippen molar-refractivity contribution < 1.29 is 26.4 Å². The van der Waals surface area contributed by atoms with E-state index >= 15 is 0 Å². The molecule has 0 saturated heterocycles. The first-order valence-corrected chi connectivity index (χ1v) is 10.1. The van der Waals surface area contributed by atoms with Crippen LogP contribution in [0.1, 0.15) is 21.2 Å². The van der Waals surface area contributed by atoms with Crippen LogP contribution in [0.3, 0.4) is 0 Å². The number of amides is 1. The molecule has 8 heteroatoms. The highest BCUT2D eigenvalue weighted by Crippen LogP contribution is 2.28. The summed E-state index contributed by atoms with van der Waals surface area (Å²) in [6.45, 7) is -0.318. The van der Waals surface area contributed by atoms with Crippen LogP contribution >= 0.6 is 0 Å². The Labute approximate surface area is 165 Å². The first-order valence-electron chi connectivity index (χ1n) is 8.56. The van der Waals surface area contributed by atoms with Crippen LogP contribution in [0.25, 0.3) is 0 Å². The molecule has 1 atom stereocenters. The fraction of sp³-hybridized carbons (Fsp3) is 0.0952. The summed E-state index contributed by atoms with van der Waals surface area (Å²) in [5.41, 5.74) is 0.275. The molecule has 0 radical (unpaired) electrons. The number of halogens is 3. The number of benzene rings is 3. The number of sulfone groups is 1. The van der Waals surface area contributed by atoms with Crippen LogP contribution in [0.2, 0.25) is 0 Å². The van der Waals surface area contributed by atoms with Crippen molar-refractivity contribution in [3.8, 4) is 0 Å². The van der Waals surface area contributed by atoms with Crippen LogP contribution < -0.4 is 5.32 Å². The minimum absolute atomic E-state index is 0.102. The summed E-state index contributed by atoms with van der Waals surface area (Å²) in [6.07, 6.45) is 0. The van der Waals surface area contributed by atoms with E-state index in [-0.39, 0.29) is 17.0 Å². The van der Waals surface area contributed by atoms with Gasteiger partial charge < -0.3 is 5.32 Å². The van der Waals surface area contributed by atoms with Gasteiger partial charge in [0.05, 0.1) is 4.90 Å². The maximum Gasteiger partial charge on any atom is 0.251 e. The largest absolute Gasteiger partial charge is 0.350 e. The maximum absolute atomic E-state index is 13.4. The lowest BCUT2D eigenvalue weighted by molar-refractivity contribution is 0.0953. The standard InChI is InChI=1S/C21H16F3NO3S/c22-16-7-9-17(10-8-16)29(27,28)20(14-4-2-1-3-5-14)13-25-21(26)15-6-11-18(23)19(24)12-15/h1-12,20H,13H2,(H,25,26). The predicted octanol–water partition coefficient (Wildman–Crippen LogP) is 4.05.